The van der Waals surface area contributed by atoms with Gasteiger partial charge in [-0.15, -0.1) is 0 Å². The Labute approximate surface area is 104 Å². The highest BCUT2D eigenvalue weighted by Crippen LogP contribution is 2.08. The first-order valence-electron chi connectivity index (χ1n) is 4.52. The van der Waals surface area contributed by atoms with Gasteiger partial charge in [-0.25, -0.2) is 4.79 Å². The monoisotopic (exact) mass is 338 g/mol. The van der Waals surface area contributed by atoms with Gasteiger partial charge in [-0.3, -0.25) is 13.9 Å². The molecule has 0 spiro atoms. The van der Waals surface area contributed by atoms with Gasteiger partial charge < -0.3 is 0 Å². The smallest absolute Gasteiger partial charge is 0.297 e. The molecule has 1 aromatic rings. The summed E-state index contributed by atoms with van der Waals surface area (Å²) in [5.41, 5.74) is 0.137. The Balaban J connectivity index is 3.39. The summed E-state index contributed by atoms with van der Waals surface area (Å²) in [5.74, 6) is 0. The molecule has 0 atom stereocenters. The topological polar surface area (TPSA) is 44.0 Å². The van der Waals surface area contributed by atoms with E-state index in [2.05, 4.69) is 31.9 Å². The van der Waals surface area contributed by atoms with E-state index in [1.165, 1.54) is 7.05 Å². The van der Waals surface area contributed by atoms with E-state index in [-0.39, 0.29) is 11.2 Å². The van der Waals surface area contributed by atoms with E-state index in [4.69, 9.17) is 0 Å². The van der Waals surface area contributed by atoms with Gasteiger partial charge in [0.25, 0.3) is 5.56 Å². The van der Waals surface area contributed by atoms with Crippen molar-refractivity contribution in [3.8, 4) is 0 Å². The molecule has 1 rings (SSSR count). The van der Waals surface area contributed by atoms with Crippen LogP contribution in [-0.2, 0) is 13.6 Å². The predicted molar refractivity (Wildman–Crippen MR) is 66.8 cm³/mol. The van der Waals surface area contributed by atoms with Crippen LogP contribution in [0.15, 0.2) is 14.1 Å². The van der Waals surface area contributed by atoms with Crippen LogP contribution in [-0.4, -0.2) is 14.5 Å². The molecule has 0 amide bonds. The maximum atomic E-state index is 11.8. The second-order valence-corrected chi connectivity index (χ2v) is 4.83. The second kappa shape index (κ2) is 5.12. The SMILES string of the molecule is Cc1c(Br)c(=O)n(C)c(=O)n1CCCBr. The van der Waals surface area contributed by atoms with Gasteiger partial charge in [-0.05, 0) is 29.3 Å². The zero-order chi connectivity index (χ0) is 11.6. The van der Waals surface area contributed by atoms with Crippen molar-refractivity contribution in [3.63, 3.8) is 0 Å². The van der Waals surface area contributed by atoms with Crippen LogP contribution in [0, 0.1) is 6.92 Å². The Morgan fingerprint density at radius 1 is 1.33 bits per heavy atom. The maximum Gasteiger partial charge on any atom is 0.330 e. The molecule has 0 radical (unpaired) electrons. The highest BCUT2D eigenvalue weighted by Gasteiger charge is 2.11. The molecule has 0 aliphatic rings. The second-order valence-electron chi connectivity index (χ2n) is 3.24. The third kappa shape index (κ3) is 2.42. The van der Waals surface area contributed by atoms with Crippen LogP contribution in [0.3, 0.4) is 0 Å². The van der Waals surface area contributed by atoms with E-state index in [9.17, 15) is 9.59 Å². The average molecular weight is 340 g/mol. The number of alkyl halides is 1. The van der Waals surface area contributed by atoms with Crippen molar-refractivity contribution >= 4 is 31.9 Å². The summed E-state index contributed by atoms with van der Waals surface area (Å²) in [7, 11) is 1.49. The summed E-state index contributed by atoms with van der Waals surface area (Å²) in [5, 5.41) is 0.833. The van der Waals surface area contributed by atoms with Crippen molar-refractivity contribution in [1.82, 2.24) is 9.13 Å². The molecule has 0 saturated carbocycles. The molecule has 0 aliphatic carbocycles. The first kappa shape index (κ1) is 12.7. The van der Waals surface area contributed by atoms with E-state index in [0.717, 1.165) is 16.3 Å². The van der Waals surface area contributed by atoms with Crippen molar-refractivity contribution in [1.29, 1.82) is 0 Å². The number of nitrogens with zero attached hydrogens (tertiary/aromatic N) is 2. The fourth-order valence-corrected chi connectivity index (χ4v) is 2.04. The Hall–Kier alpha value is -0.360. The molecule has 0 unspecified atom stereocenters. The summed E-state index contributed by atoms with van der Waals surface area (Å²) in [6.07, 6.45) is 0.853. The lowest BCUT2D eigenvalue weighted by molar-refractivity contribution is 0.573. The van der Waals surface area contributed by atoms with Crippen LogP contribution >= 0.6 is 31.9 Å². The van der Waals surface area contributed by atoms with Crippen LogP contribution in [0.2, 0.25) is 0 Å². The lowest BCUT2D eigenvalue weighted by Crippen LogP contribution is -2.39. The van der Waals surface area contributed by atoms with E-state index >= 15 is 0 Å². The molecule has 84 valence electrons. The zero-order valence-electron chi connectivity index (χ0n) is 8.59. The van der Waals surface area contributed by atoms with Crippen molar-refractivity contribution < 1.29 is 0 Å². The van der Waals surface area contributed by atoms with E-state index < -0.39 is 0 Å². The number of halogens is 2. The van der Waals surface area contributed by atoms with Crippen molar-refractivity contribution in [3.05, 3.63) is 31.0 Å². The van der Waals surface area contributed by atoms with Gasteiger partial charge in [0.2, 0.25) is 0 Å². The number of hydrogen-bond donors (Lipinski definition) is 0. The van der Waals surface area contributed by atoms with Gasteiger partial charge in [-0.2, -0.15) is 0 Å². The van der Waals surface area contributed by atoms with Crippen LogP contribution in [0.25, 0.3) is 0 Å². The van der Waals surface area contributed by atoms with Crippen LogP contribution in [0.5, 0.6) is 0 Å². The Kier molecular flexibility index (Phi) is 4.33. The third-order valence-electron chi connectivity index (χ3n) is 2.25. The molecule has 15 heavy (non-hydrogen) atoms. The standard InChI is InChI=1S/C9H12Br2N2O2/c1-6-7(11)8(14)12(2)9(15)13(6)5-3-4-10/h3-5H2,1-2H3. The maximum absolute atomic E-state index is 11.8. The van der Waals surface area contributed by atoms with Crippen molar-refractivity contribution in [2.24, 2.45) is 7.05 Å². The van der Waals surface area contributed by atoms with Crippen LogP contribution < -0.4 is 11.2 Å². The van der Waals surface area contributed by atoms with Crippen molar-refractivity contribution in [2.75, 3.05) is 5.33 Å². The molecule has 0 fully saturated rings. The number of rotatable bonds is 3. The molecular weight excluding hydrogens is 328 g/mol. The minimum atomic E-state index is -0.285. The third-order valence-corrected chi connectivity index (χ3v) is 3.72. The molecule has 0 aromatic carbocycles. The Morgan fingerprint density at radius 2 is 1.93 bits per heavy atom. The van der Waals surface area contributed by atoms with Gasteiger partial charge in [0.05, 0.1) is 0 Å². The molecule has 1 heterocycles. The normalized spacial score (nSPS) is 10.7. The quantitative estimate of drug-likeness (QED) is 0.781. The number of aromatic nitrogens is 2. The molecule has 4 nitrogen and oxygen atoms in total. The minimum Gasteiger partial charge on any atom is -0.297 e. The highest BCUT2D eigenvalue weighted by molar-refractivity contribution is 9.10. The van der Waals surface area contributed by atoms with E-state index in [1.54, 1.807) is 11.5 Å². The highest BCUT2D eigenvalue weighted by atomic mass is 79.9. The van der Waals surface area contributed by atoms with Gasteiger partial charge in [0, 0.05) is 24.6 Å². The molecule has 0 N–H and O–H groups in total. The largest absolute Gasteiger partial charge is 0.330 e. The summed E-state index contributed by atoms with van der Waals surface area (Å²) in [6.45, 7) is 2.38. The molecule has 0 saturated heterocycles. The van der Waals surface area contributed by atoms with E-state index in [1.807, 2.05) is 0 Å². The van der Waals surface area contributed by atoms with Gasteiger partial charge in [-0.1, -0.05) is 15.9 Å². The van der Waals surface area contributed by atoms with Gasteiger partial charge in [0.15, 0.2) is 0 Å². The van der Waals surface area contributed by atoms with Crippen molar-refractivity contribution in [2.45, 2.75) is 19.9 Å². The van der Waals surface area contributed by atoms with Gasteiger partial charge >= 0.3 is 5.69 Å². The van der Waals surface area contributed by atoms with Crippen LogP contribution in [0.4, 0.5) is 0 Å². The fourth-order valence-electron chi connectivity index (χ4n) is 1.31. The summed E-state index contributed by atoms with van der Waals surface area (Å²) < 4.78 is 3.18. The number of hydrogen-bond acceptors (Lipinski definition) is 2. The first-order valence-corrected chi connectivity index (χ1v) is 6.44. The lowest BCUT2D eigenvalue weighted by atomic mass is 10.4. The summed E-state index contributed by atoms with van der Waals surface area (Å²) in [4.78, 5) is 23.3. The molecule has 1 aromatic heterocycles. The molecular formula is C9H12Br2N2O2. The first-order chi connectivity index (χ1) is 7.00. The molecule has 0 aliphatic heterocycles. The van der Waals surface area contributed by atoms with Gasteiger partial charge in [0.1, 0.15) is 4.47 Å². The van der Waals surface area contributed by atoms with Crippen LogP contribution in [0.1, 0.15) is 12.1 Å². The summed E-state index contributed by atoms with van der Waals surface area (Å²) in [6, 6.07) is 0. The molecule has 0 bridgehead atoms. The Bertz CT molecular complexity index is 476. The fraction of sp³-hybridized carbons (Fsp3) is 0.556. The lowest BCUT2D eigenvalue weighted by Gasteiger charge is -2.11. The predicted octanol–water partition coefficient (Wildman–Crippen LogP) is 1.40. The summed E-state index contributed by atoms with van der Waals surface area (Å²) >= 11 is 6.51. The average Bonchev–Trinajstić information content (AvgIpc) is 2.24. The Morgan fingerprint density at radius 3 is 2.47 bits per heavy atom. The zero-order valence-corrected chi connectivity index (χ0v) is 11.8. The minimum absolute atomic E-state index is 0.262. The van der Waals surface area contributed by atoms with E-state index in [0.29, 0.717) is 16.7 Å². The molecule has 6 heteroatoms.